The van der Waals surface area contributed by atoms with Crippen LogP contribution in [-0.2, 0) is 17.1 Å². The molecule has 0 radical (unpaired) electrons. The van der Waals surface area contributed by atoms with Crippen molar-refractivity contribution in [3.8, 4) is 0 Å². The molecule has 16 heavy (non-hydrogen) atoms. The molecule has 1 aromatic rings. The van der Waals surface area contributed by atoms with Crippen LogP contribution in [0.15, 0.2) is 6.07 Å². The third-order valence-electron chi connectivity index (χ3n) is 1.88. The van der Waals surface area contributed by atoms with E-state index in [4.69, 9.17) is 28.3 Å². The number of aliphatic carboxylic acids is 1. The van der Waals surface area contributed by atoms with Gasteiger partial charge < -0.3 is 5.11 Å². The number of halogens is 4. The van der Waals surface area contributed by atoms with Crippen molar-refractivity contribution in [1.29, 1.82) is 0 Å². The average Bonchev–Trinajstić information content (AvgIpc) is 2.18. The molecule has 0 aliphatic rings. The predicted molar refractivity (Wildman–Crippen MR) is 55.1 cm³/mol. The highest BCUT2D eigenvalue weighted by Crippen LogP contribution is 2.28. The van der Waals surface area contributed by atoms with Gasteiger partial charge in [0.15, 0.2) is 0 Å². The first-order valence-corrected chi connectivity index (χ1v) is 5.11. The molecule has 0 aliphatic heterocycles. The number of pyridine rings is 1. The lowest BCUT2D eigenvalue weighted by molar-refractivity contribution is -0.136. The summed E-state index contributed by atoms with van der Waals surface area (Å²) < 4.78 is 25.0. The number of rotatable bonds is 4. The van der Waals surface area contributed by atoms with E-state index in [2.05, 4.69) is 4.98 Å². The first kappa shape index (κ1) is 13.1. The van der Waals surface area contributed by atoms with Crippen LogP contribution in [-0.4, -0.2) is 16.1 Å². The zero-order valence-corrected chi connectivity index (χ0v) is 9.40. The fourth-order valence-corrected chi connectivity index (χ4v) is 1.64. The van der Waals surface area contributed by atoms with Gasteiger partial charge in [-0.2, -0.15) is 0 Å². The Labute approximate surface area is 100 Å². The Morgan fingerprint density at radius 2 is 2.19 bits per heavy atom. The van der Waals surface area contributed by atoms with E-state index >= 15 is 0 Å². The summed E-state index contributed by atoms with van der Waals surface area (Å²) in [6.45, 7) is 0. The zero-order chi connectivity index (χ0) is 12.3. The van der Waals surface area contributed by atoms with Gasteiger partial charge in [0.25, 0.3) is 6.43 Å². The van der Waals surface area contributed by atoms with Crippen LogP contribution < -0.4 is 0 Å². The summed E-state index contributed by atoms with van der Waals surface area (Å²) >= 11 is 11.0. The molecule has 1 rings (SSSR count). The van der Waals surface area contributed by atoms with Gasteiger partial charge in [0.05, 0.1) is 23.6 Å². The molecule has 0 atom stereocenters. The van der Waals surface area contributed by atoms with E-state index in [0.29, 0.717) is 0 Å². The molecule has 0 aliphatic carbocycles. The summed E-state index contributed by atoms with van der Waals surface area (Å²) in [5.41, 5.74) is -0.118. The average molecular weight is 270 g/mol. The SMILES string of the molecule is O=C(O)Cc1cc(C(F)F)c(Cl)nc1CCl. The van der Waals surface area contributed by atoms with Crippen molar-refractivity contribution < 1.29 is 18.7 Å². The van der Waals surface area contributed by atoms with E-state index in [0.717, 1.165) is 6.07 Å². The lowest BCUT2D eigenvalue weighted by Crippen LogP contribution is -2.06. The van der Waals surface area contributed by atoms with Crippen LogP contribution in [0.4, 0.5) is 8.78 Å². The number of hydrogen-bond acceptors (Lipinski definition) is 2. The second-order valence-corrected chi connectivity index (χ2v) is 3.60. The van der Waals surface area contributed by atoms with Gasteiger partial charge in [-0.25, -0.2) is 13.8 Å². The first-order valence-electron chi connectivity index (χ1n) is 4.19. The van der Waals surface area contributed by atoms with Crippen LogP contribution in [0.5, 0.6) is 0 Å². The summed E-state index contributed by atoms with van der Waals surface area (Å²) in [5.74, 6) is -1.22. The standard InChI is InChI=1S/C9H7Cl2F2NO2/c10-3-6-4(2-7(15)16)1-5(9(12)13)8(11)14-6/h1,9H,2-3H2,(H,15,16). The van der Waals surface area contributed by atoms with Gasteiger partial charge in [0, 0.05) is 0 Å². The maximum atomic E-state index is 12.5. The predicted octanol–water partition coefficient (Wildman–Crippen LogP) is 3.04. The number of aromatic nitrogens is 1. The molecular weight excluding hydrogens is 263 g/mol. The van der Waals surface area contributed by atoms with Gasteiger partial charge in [-0.05, 0) is 11.6 Å². The Bertz CT molecular complexity index is 413. The molecule has 0 amide bonds. The van der Waals surface area contributed by atoms with Crippen molar-refractivity contribution in [2.24, 2.45) is 0 Å². The number of nitrogens with zero attached hydrogens (tertiary/aromatic N) is 1. The van der Waals surface area contributed by atoms with E-state index in [-0.39, 0.29) is 22.3 Å². The van der Waals surface area contributed by atoms with Crippen LogP contribution in [0.3, 0.4) is 0 Å². The van der Waals surface area contributed by atoms with Gasteiger partial charge in [-0.15, -0.1) is 11.6 Å². The van der Waals surface area contributed by atoms with Gasteiger partial charge in [0.2, 0.25) is 0 Å². The Kier molecular flexibility index (Phi) is 4.44. The molecule has 1 aromatic heterocycles. The number of hydrogen-bond donors (Lipinski definition) is 1. The van der Waals surface area contributed by atoms with Gasteiger partial charge in [-0.1, -0.05) is 11.6 Å². The smallest absolute Gasteiger partial charge is 0.307 e. The molecular formula is C9H7Cl2F2NO2. The minimum Gasteiger partial charge on any atom is -0.481 e. The van der Waals surface area contributed by atoms with Gasteiger partial charge in [-0.3, -0.25) is 4.79 Å². The van der Waals surface area contributed by atoms with Crippen LogP contribution in [0.25, 0.3) is 0 Å². The minimum atomic E-state index is -2.79. The molecule has 0 saturated heterocycles. The van der Waals surface area contributed by atoms with Crippen molar-refractivity contribution >= 4 is 29.2 Å². The quantitative estimate of drug-likeness (QED) is 0.675. The fraction of sp³-hybridized carbons (Fsp3) is 0.333. The van der Waals surface area contributed by atoms with Crippen molar-refractivity contribution in [2.75, 3.05) is 0 Å². The van der Waals surface area contributed by atoms with E-state index in [9.17, 15) is 13.6 Å². The topological polar surface area (TPSA) is 50.2 Å². The van der Waals surface area contributed by atoms with E-state index in [1.807, 2.05) is 0 Å². The Morgan fingerprint density at radius 3 is 2.62 bits per heavy atom. The maximum absolute atomic E-state index is 12.5. The minimum absolute atomic E-state index is 0.0775. The lowest BCUT2D eigenvalue weighted by atomic mass is 10.1. The monoisotopic (exact) mass is 269 g/mol. The third-order valence-corrected chi connectivity index (χ3v) is 2.43. The molecule has 0 bridgehead atoms. The second-order valence-electron chi connectivity index (χ2n) is 2.98. The Balaban J connectivity index is 3.22. The normalized spacial score (nSPS) is 10.8. The second kappa shape index (κ2) is 5.41. The number of alkyl halides is 3. The molecule has 0 fully saturated rings. The molecule has 88 valence electrons. The van der Waals surface area contributed by atoms with E-state index in [1.54, 1.807) is 0 Å². The number of carbonyl (C=O) groups is 1. The Hall–Kier alpha value is -0.940. The first-order chi connectivity index (χ1) is 7.45. The molecule has 0 spiro atoms. The number of carboxylic acids is 1. The lowest BCUT2D eigenvalue weighted by Gasteiger charge is -2.09. The molecule has 1 N–H and O–H groups in total. The highest BCUT2D eigenvalue weighted by Gasteiger charge is 2.18. The van der Waals surface area contributed by atoms with Crippen molar-refractivity contribution in [2.45, 2.75) is 18.7 Å². The van der Waals surface area contributed by atoms with Crippen LogP contribution in [0, 0.1) is 0 Å². The Morgan fingerprint density at radius 1 is 1.56 bits per heavy atom. The van der Waals surface area contributed by atoms with E-state index in [1.165, 1.54) is 0 Å². The largest absolute Gasteiger partial charge is 0.481 e. The summed E-state index contributed by atoms with van der Waals surface area (Å²) in [7, 11) is 0. The summed E-state index contributed by atoms with van der Waals surface area (Å²) in [6, 6.07) is 1.03. The fourth-order valence-electron chi connectivity index (χ4n) is 1.17. The molecule has 0 aromatic carbocycles. The van der Waals surface area contributed by atoms with Crippen molar-refractivity contribution in [3.05, 3.63) is 28.0 Å². The molecule has 3 nitrogen and oxygen atoms in total. The van der Waals surface area contributed by atoms with Gasteiger partial charge in [0.1, 0.15) is 5.15 Å². The van der Waals surface area contributed by atoms with Crippen LogP contribution >= 0.6 is 23.2 Å². The highest BCUT2D eigenvalue weighted by atomic mass is 35.5. The zero-order valence-electron chi connectivity index (χ0n) is 7.88. The van der Waals surface area contributed by atoms with E-state index < -0.39 is 24.4 Å². The molecule has 0 saturated carbocycles. The van der Waals surface area contributed by atoms with Crippen LogP contribution in [0.2, 0.25) is 5.15 Å². The highest BCUT2D eigenvalue weighted by molar-refractivity contribution is 6.30. The third kappa shape index (κ3) is 3.02. The van der Waals surface area contributed by atoms with Crippen molar-refractivity contribution in [3.63, 3.8) is 0 Å². The van der Waals surface area contributed by atoms with Crippen LogP contribution in [0.1, 0.15) is 23.2 Å². The molecule has 7 heteroatoms. The maximum Gasteiger partial charge on any atom is 0.307 e. The number of carboxylic acid groups (broad SMARTS) is 1. The molecule has 0 unspecified atom stereocenters. The summed E-state index contributed by atoms with van der Waals surface area (Å²) in [5, 5.41) is 8.25. The molecule has 1 heterocycles. The van der Waals surface area contributed by atoms with Gasteiger partial charge >= 0.3 is 5.97 Å². The summed E-state index contributed by atoms with van der Waals surface area (Å²) in [4.78, 5) is 14.2. The summed E-state index contributed by atoms with van der Waals surface area (Å²) in [6.07, 6.45) is -3.21. The van der Waals surface area contributed by atoms with Crippen molar-refractivity contribution in [1.82, 2.24) is 4.98 Å².